The summed E-state index contributed by atoms with van der Waals surface area (Å²) in [6.07, 6.45) is 2.65. The van der Waals surface area contributed by atoms with Crippen molar-refractivity contribution < 1.29 is 14.6 Å². The summed E-state index contributed by atoms with van der Waals surface area (Å²) in [5, 5.41) is 9.97. The van der Waals surface area contributed by atoms with Crippen molar-refractivity contribution >= 4 is 6.21 Å². The van der Waals surface area contributed by atoms with Gasteiger partial charge in [-0.15, -0.1) is 0 Å². The molecule has 0 aliphatic heterocycles. The van der Waals surface area contributed by atoms with Gasteiger partial charge in [-0.1, -0.05) is 25.1 Å². The Kier molecular flexibility index (Phi) is 5.83. The Bertz CT molecular complexity index is 621. The van der Waals surface area contributed by atoms with E-state index in [9.17, 15) is 5.11 Å². The van der Waals surface area contributed by atoms with Crippen molar-refractivity contribution in [3.63, 3.8) is 0 Å². The second-order valence-corrected chi connectivity index (χ2v) is 4.86. The maximum atomic E-state index is 9.97. The lowest BCUT2D eigenvalue weighted by Crippen LogP contribution is -1.94. The fraction of sp³-hybridized carbons (Fsp3) is 0.278. The molecule has 0 amide bonds. The van der Waals surface area contributed by atoms with Gasteiger partial charge in [-0.2, -0.15) is 0 Å². The average Bonchev–Trinajstić information content (AvgIpc) is 2.55. The van der Waals surface area contributed by atoms with Crippen molar-refractivity contribution in [2.45, 2.75) is 19.9 Å². The molecule has 4 nitrogen and oxygen atoms in total. The molecule has 0 radical (unpaired) electrons. The van der Waals surface area contributed by atoms with Gasteiger partial charge in [0.15, 0.2) is 11.5 Å². The van der Waals surface area contributed by atoms with E-state index in [1.165, 1.54) is 7.11 Å². The first-order valence-electron chi connectivity index (χ1n) is 7.32. The van der Waals surface area contributed by atoms with Crippen LogP contribution in [0.4, 0.5) is 0 Å². The molecule has 0 aliphatic rings. The van der Waals surface area contributed by atoms with Gasteiger partial charge in [0.25, 0.3) is 0 Å². The van der Waals surface area contributed by atoms with Gasteiger partial charge < -0.3 is 14.6 Å². The van der Waals surface area contributed by atoms with Gasteiger partial charge in [-0.05, 0) is 36.2 Å². The van der Waals surface area contributed by atoms with Crippen molar-refractivity contribution in [1.82, 2.24) is 0 Å². The number of aromatic hydroxyl groups is 1. The van der Waals surface area contributed by atoms with Crippen molar-refractivity contribution in [3.05, 3.63) is 53.6 Å². The number of hydrogen-bond acceptors (Lipinski definition) is 4. The van der Waals surface area contributed by atoms with Crippen molar-refractivity contribution in [3.8, 4) is 17.2 Å². The van der Waals surface area contributed by atoms with Gasteiger partial charge in [0.05, 0.1) is 20.3 Å². The molecule has 22 heavy (non-hydrogen) atoms. The number of para-hydroxylation sites is 1. The fourth-order valence-corrected chi connectivity index (χ4v) is 1.97. The predicted octanol–water partition coefficient (Wildman–Crippen LogP) is 3.81. The largest absolute Gasteiger partial charge is 0.504 e. The quantitative estimate of drug-likeness (QED) is 0.791. The number of aliphatic imine (C=N–C) groups is 1. The van der Waals surface area contributed by atoms with Crippen LogP contribution in [-0.4, -0.2) is 25.0 Å². The number of hydrogen-bond donors (Lipinski definition) is 1. The zero-order valence-corrected chi connectivity index (χ0v) is 13.0. The molecule has 0 bridgehead atoms. The Morgan fingerprint density at radius 3 is 2.59 bits per heavy atom. The molecular formula is C18H21NO3. The number of methoxy groups -OCH3 is 1. The van der Waals surface area contributed by atoms with E-state index in [1.54, 1.807) is 18.3 Å². The van der Waals surface area contributed by atoms with E-state index in [0.29, 0.717) is 17.9 Å². The summed E-state index contributed by atoms with van der Waals surface area (Å²) < 4.78 is 10.6. The van der Waals surface area contributed by atoms with Gasteiger partial charge in [0.2, 0.25) is 0 Å². The molecule has 0 heterocycles. The van der Waals surface area contributed by atoms with Gasteiger partial charge in [-0.3, -0.25) is 4.99 Å². The molecule has 0 aromatic heterocycles. The van der Waals surface area contributed by atoms with Gasteiger partial charge in [-0.25, -0.2) is 0 Å². The van der Waals surface area contributed by atoms with E-state index in [4.69, 9.17) is 9.47 Å². The molecule has 0 fully saturated rings. The summed E-state index contributed by atoms with van der Waals surface area (Å²) in [6.45, 7) is 3.36. The van der Waals surface area contributed by atoms with Gasteiger partial charge in [0.1, 0.15) is 5.75 Å². The van der Waals surface area contributed by atoms with Crippen LogP contribution in [0.2, 0.25) is 0 Å². The lowest BCUT2D eigenvalue weighted by molar-refractivity contribution is 0.317. The third-order valence-electron chi connectivity index (χ3n) is 3.15. The highest BCUT2D eigenvalue weighted by Gasteiger charge is 2.04. The Morgan fingerprint density at radius 2 is 1.91 bits per heavy atom. The minimum Gasteiger partial charge on any atom is -0.504 e. The normalized spacial score (nSPS) is 10.8. The summed E-state index contributed by atoms with van der Waals surface area (Å²) in [5.41, 5.74) is 1.73. The molecule has 0 spiro atoms. The molecule has 0 atom stereocenters. The molecule has 0 saturated carbocycles. The number of phenolic OH excluding ortho intramolecular Hbond substituents is 1. The number of rotatable bonds is 7. The Labute approximate surface area is 131 Å². The summed E-state index contributed by atoms with van der Waals surface area (Å²) in [4.78, 5) is 4.36. The van der Waals surface area contributed by atoms with Crippen LogP contribution in [0.1, 0.15) is 24.5 Å². The first kappa shape index (κ1) is 15.9. The number of ether oxygens (including phenoxy) is 2. The van der Waals surface area contributed by atoms with Crippen LogP contribution in [0.25, 0.3) is 0 Å². The van der Waals surface area contributed by atoms with Crippen LogP contribution in [0.15, 0.2) is 47.5 Å². The maximum absolute atomic E-state index is 9.97. The molecule has 2 aromatic rings. The third-order valence-corrected chi connectivity index (χ3v) is 3.15. The van der Waals surface area contributed by atoms with Crippen LogP contribution in [0, 0.1) is 0 Å². The lowest BCUT2D eigenvalue weighted by atomic mass is 10.2. The first-order valence-corrected chi connectivity index (χ1v) is 7.32. The topological polar surface area (TPSA) is 51.0 Å². The van der Waals surface area contributed by atoms with E-state index in [1.807, 2.05) is 30.3 Å². The van der Waals surface area contributed by atoms with Crippen LogP contribution in [0.5, 0.6) is 17.2 Å². The second kappa shape index (κ2) is 8.08. The van der Waals surface area contributed by atoms with E-state index in [-0.39, 0.29) is 5.75 Å². The Hall–Kier alpha value is -2.49. The molecule has 0 saturated heterocycles. The molecule has 1 N–H and O–H groups in total. The Morgan fingerprint density at radius 1 is 1.14 bits per heavy atom. The molecule has 0 unspecified atom stereocenters. The summed E-state index contributed by atoms with van der Waals surface area (Å²) >= 11 is 0. The van der Waals surface area contributed by atoms with Crippen LogP contribution < -0.4 is 9.47 Å². The zero-order chi connectivity index (χ0) is 15.8. The number of phenols is 1. The molecule has 0 aliphatic carbocycles. The molecule has 4 heteroatoms. The number of benzene rings is 2. The minimum atomic E-state index is 0.108. The fourth-order valence-electron chi connectivity index (χ4n) is 1.97. The summed E-state index contributed by atoms with van der Waals surface area (Å²) in [5.74, 6) is 1.43. The van der Waals surface area contributed by atoms with Crippen molar-refractivity contribution in [2.24, 2.45) is 4.99 Å². The van der Waals surface area contributed by atoms with Crippen molar-refractivity contribution in [2.75, 3.05) is 13.7 Å². The highest BCUT2D eigenvalue weighted by Crippen LogP contribution is 2.28. The summed E-state index contributed by atoms with van der Waals surface area (Å²) in [7, 11) is 1.53. The van der Waals surface area contributed by atoms with Crippen molar-refractivity contribution in [1.29, 1.82) is 0 Å². The second-order valence-electron chi connectivity index (χ2n) is 4.86. The maximum Gasteiger partial charge on any atom is 0.166 e. The van der Waals surface area contributed by atoms with Crippen LogP contribution >= 0.6 is 0 Å². The van der Waals surface area contributed by atoms with Crippen LogP contribution in [0.3, 0.4) is 0 Å². The average molecular weight is 299 g/mol. The Balaban J connectivity index is 1.97. The third kappa shape index (κ3) is 4.25. The van der Waals surface area contributed by atoms with Gasteiger partial charge in [0, 0.05) is 11.8 Å². The lowest BCUT2D eigenvalue weighted by Gasteiger charge is -2.05. The summed E-state index contributed by atoms with van der Waals surface area (Å²) in [6, 6.07) is 13.2. The monoisotopic (exact) mass is 299 g/mol. The van der Waals surface area contributed by atoms with E-state index < -0.39 is 0 Å². The molecule has 2 aromatic carbocycles. The zero-order valence-electron chi connectivity index (χ0n) is 13.0. The van der Waals surface area contributed by atoms with Crippen LogP contribution in [-0.2, 0) is 6.54 Å². The number of nitrogens with zero attached hydrogens (tertiary/aromatic N) is 1. The van der Waals surface area contributed by atoms with Gasteiger partial charge >= 0.3 is 0 Å². The molecule has 2 rings (SSSR count). The standard InChI is InChI=1S/C18H21NO3/c1-3-11-22-16-9-7-14(8-10-16)12-19-13-15-5-4-6-17(21-2)18(15)20/h4-10,13,20H,3,11-12H2,1-2H3. The first-order chi connectivity index (χ1) is 10.7. The van der Waals surface area contributed by atoms with E-state index in [0.717, 1.165) is 24.3 Å². The highest BCUT2D eigenvalue weighted by molar-refractivity contribution is 5.84. The molecular weight excluding hydrogens is 278 g/mol. The SMILES string of the molecule is CCCOc1ccc(CN=Cc2cccc(OC)c2O)cc1. The van der Waals surface area contributed by atoms with E-state index >= 15 is 0 Å². The highest BCUT2D eigenvalue weighted by atomic mass is 16.5. The minimum absolute atomic E-state index is 0.108. The smallest absolute Gasteiger partial charge is 0.166 e. The molecule has 116 valence electrons. The predicted molar refractivity (Wildman–Crippen MR) is 88.2 cm³/mol. The van der Waals surface area contributed by atoms with E-state index in [2.05, 4.69) is 11.9 Å².